The van der Waals surface area contributed by atoms with Crippen molar-refractivity contribution in [3.05, 3.63) is 46.4 Å². The highest BCUT2D eigenvalue weighted by Crippen LogP contribution is 2.33. The van der Waals surface area contributed by atoms with Gasteiger partial charge in [0.05, 0.1) is 18.0 Å². The molecule has 0 radical (unpaired) electrons. The minimum absolute atomic E-state index is 0.567. The normalized spacial score (nSPS) is 10.3. The van der Waals surface area contributed by atoms with Crippen LogP contribution in [0.15, 0.2) is 36.4 Å². The van der Waals surface area contributed by atoms with Crippen molar-refractivity contribution in [2.75, 3.05) is 17.7 Å². The van der Waals surface area contributed by atoms with Crippen molar-refractivity contribution in [3.63, 3.8) is 0 Å². The van der Waals surface area contributed by atoms with E-state index in [-0.39, 0.29) is 0 Å². The first-order valence-electron chi connectivity index (χ1n) is 6.34. The Kier molecular flexibility index (Phi) is 4.99. The highest BCUT2D eigenvalue weighted by Gasteiger charge is 2.07. The minimum Gasteiger partial charge on any atom is -0.491 e. The van der Waals surface area contributed by atoms with Gasteiger partial charge in [0.15, 0.2) is 0 Å². The summed E-state index contributed by atoms with van der Waals surface area (Å²) in [6.45, 7) is 2.68. The second-order valence-corrected chi connectivity index (χ2v) is 5.22. The molecule has 2 rings (SSSR count). The molecule has 0 saturated carbocycles. The zero-order valence-corrected chi connectivity index (χ0v) is 12.6. The van der Waals surface area contributed by atoms with Gasteiger partial charge in [-0.05, 0) is 36.8 Å². The second-order valence-electron chi connectivity index (χ2n) is 4.35. The van der Waals surface area contributed by atoms with Crippen LogP contribution in [-0.2, 0) is 0 Å². The number of nitrogens with two attached hydrogens (primary N) is 1. The summed E-state index contributed by atoms with van der Waals surface area (Å²) in [4.78, 5) is 0. The molecule has 0 aliphatic carbocycles. The topological polar surface area (TPSA) is 47.3 Å². The van der Waals surface area contributed by atoms with Gasteiger partial charge in [-0.3, -0.25) is 0 Å². The van der Waals surface area contributed by atoms with Crippen LogP contribution >= 0.6 is 23.2 Å². The smallest absolute Gasteiger partial charge is 0.144 e. The summed E-state index contributed by atoms with van der Waals surface area (Å²) < 4.78 is 5.59. The first kappa shape index (κ1) is 14.8. The Bertz CT molecular complexity index is 582. The Morgan fingerprint density at radius 3 is 2.50 bits per heavy atom. The number of anilines is 3. The van der Waals surface area contributed by atoms with Crippen molar-refractivity contribution in [1.29, 1.82) is 0 Å². The lowest BCUT2D eigenvalue weighted by Gasteiger charge is -2.14. The molecule has 0 atom stereocenters. The molecule has 0 saturated heterocycles. The van der Waals surface area contributed by atoms with Gasteiger partial charge in [0.2, 0.25) is 0 Å². The van der Waals surface area contributed by atoms with Crippen LogP contribution in [0.25, 0.3) is 0 Å². The minimum atomic E-state index is 0.567. The van der Waals surface area contributed by atoms with E-state index in [1.165, 1.54) is 0 Å². The first-order chi connectivity index (χ1) is 9.60. The van der Waals surface area contributed by atoms with E-state index in [0.29, 0.717) is 28.1 Å². The van der Waals surface area contributed by atoms with Crippen molar-refractivity contribution in [1.82, 2.24) is 0 Å². The summed E-state index contributed by atoms with van der Waals surface area (Å²) in [7, 11) is 0. The van der Waals surface area contributed by atoms with Crippen molar-refractivity contribution in [3.8, 4) is 5.75 Å². The van der Waals surface area contributed by atoms with Crippen molar-refractivity contribution in [2.24, 2.45) is 0 Å². The highest BCUT2D eigenvalue weighted by molar-refractivity contribution is 6.35. The third-order valence-electron chi connectivity index (χ3n) is 2.67. The van der Waals surface area contributed by atoms with E-state index < -0.39 is 0 Å². The van der Waals surface area contributed by atoms with Gasteiger partial charge in [-0.15, -0.1) is 0 Å². The van der Waals surface area contributed by atoms with Crippen molar-refractivity contribution < 1.29 is 4.74 Å². The molecule has 3 N–H and O–H groups in total. The van der Waals surface area contributed by atoms with E-state index in [9.17, 15) is 0 Å². The van der Waals surface area contributed by atoms with Crippen LogP contribution in [-0.4, -0.2) is 6.61 Å². The number of para-hydroxylation sites is 1. The number of halogens is 2. The fraction of sp³-hybridized carbons (Fsp3) is 0.200. The van der Waals surface area contributed by atoms with E-state index in [1.54, 1.807) is 18.2 Å². The summed E-state index contributed by atoms with van der Waals surface area (Å²) in [6.07, 6.45) is 0.932. The maximum absolute atomic E-state index is 6.09. The van der Waals surface area contributed by atoms with E-state index in [1.807, 2.05) is 25.1 Å². The summed E-state index contributed by atoms with van der Waals surface area (Å²) in [5.74, 6) is 0.671. The van der Waals surface area contributed by atoms with Crippen LogP contribution in [0, 0.1) is 0 Å². The van der Waals surface area contributed by atoms with Gasteiger partial charge < -0.3 is 15.8 Å². The van der Waals surface area contributed by atoms with Crippen LogP contribution in [0.2, 0.25) is 10.0 Å². The number of nitrogens with one attached hydrogen (secondary N) is 1. The zero-order valence-electron chi connectivity index (χ0n) is 11.1. The monoisotopic (exact) mass is 310 g/mol. The molecule has 0 aliphatic heterocycles. The molecule has 0 aromatic heterocycles. The summed E-state index contributed by atoms with van der Waals surface area (Å²) in [5.41, 5.74) is 8.20. The lowest BCUT2D eigenvalue weighted by atomic mass is 10.2. The predicted octanol–water partition coefficient (Wildman–Crippen LogP) is 5.11. The zero-order chi connectivity index (χ0) is 14.5. The molecule has 0 spiro atoms. The molecule has 0 fully saturated rings. The van der Waals surface area contributed by atoms with Gasteiger partial charge in [-0.1, -0.05) is 36.2 Å². The van der Waals surface area contributed by atoms with Crippen LogP contribution in [0.3, 0.4) is 0 Å². The molecular weight excluding hydrogens is 295 g/mol. The lowest BCUT2D eigenvalue weighted by Crippen LogP contribution is -2.02. The van der Waals surface area contributed by atoms with Gasteiger partial charge in [0.25, 0.3) is 0 Å². The van der Waals surface area contributed by atoms with E-state index in [2.05, 4.69) is 5.32 Å². The lowest BCUT2D eigenvalue weighted by molar-refractivity contribution is 0.319. The molecule has 0 bridgehead atoms. The van der Waals surface area contributed by atoms with Gasteiger partial charge >= 0.3 is 0 Å². The number of nitrogen functional groups attached to an aromatic ring is 1. The SMILES string of the molecule is CCCOc1cccc(Nc2cc(Cl)cc(Cl)c2)c1N. The van der Waals surface area contributed by atoms with Gasteiger partial charge in [0.1, 0.15) is 5.75 Å². The third-order valence-corrected chi connectivity index (χ3v) is 3.11. The van der Waals surface area contributed by atoms with Crippen LogP contribution in [0.1, 0.15) is 13.3 Å². The average molecular weight is 311 g/mol. The Labute approximate surface area is 128 Å². The number of benzene rings is 2. The van der Waals surface area contributed by atoms with Crippen LogP contribution in [0.4, 0.5) is 17.1 Å². The molecule has 0 heterocycles. The third kappa shape index (κ3) is 3.71. The Balaban J connectivity index is 2.24. The molecule has 0 aliphatic rings. The number of ether oxygens (including phenoxy) is 1. The molecule has 0 amide bonds. The average Bonchev–Trinajstić information content (AvgIpc) is 2.38. The van der Waals surface area contributed by atoms with Crippen LogP contribution in [0.5, 0.6) is 5.75 Å². The largest absolute Gasteiger partial charge is 0.491 e. The highest BCUT2D eigenvalue weighted by atomic mass is 35.5. The maximum atomic E-state index is 6.09. The number of hydrogen-bond acceptors (Lipinski definition) is 3. The standard InChI is InChI=1S/C15H16Cl2N2O/c1-2-6-20-14-5-3-4-13(15(14)18)19-12-8-10(16)7-11(17)9-12/h3-5,7-9,19H,2,6,18H2,1H3. The Morgan fingerprint density at radius 1 is 1.15 bits per heavy atom. The number of rotatable bonds is 5. The molecule has 2 aromatic rings. The van der Waals surface area contributed by atoms with E-state index in [4.69, 9.17) is 33.7 Å². The molecule has 2 aromatic carbocycles. The van der Waals surface area contributed by atoms with Gasteiger partial charge in [-0.25, -0.2) is 0 Å². The van der Waals surface area contributed by atoms with E-state index in [0.717, 1.165) is 17.8 Å². The fourth-order valence-corrected chi connectivity index (χ4v) is 2.30. The first-order valence-corrected chi connectivity index (χ1v) is 7.10. The van der Waals surface area contributed by atoms with Gasteiger partial charge in [0, 0.05) is 15.7 Å². The summed E-state index contributed by atoms with van der Waals surface area (Å²) in [6, 6.07) is 10.9. The Hall–Kier alpha value is -1.58. The molecule has 5 heteroatoms. The molecule has 20 heavy (non-hydrogen) atoms. The maximum Gasteiger partial charge on any atom is 0.144 e. The number of hydrogen-bond donors (Lipinski definition) is 2. The molecular formula is C15H16Cl2N2O. The predicted molar refractivity (Wildman–Crippen MR) is 86.4 cm³/mol. The molecule has 0 unspecified atom stereocenters. The van der Waals surface area contributed by atoms with E-state index >= 15 is 0 Å². The second kappa shape index (κ2) is 6.73. The van der Waals surface area contributed by atoms with Crippen molar-refractivity contribution in [2.45, 2.75) is 13.3 Å². The van der Waals surface area contributed by atoms with Gasteiger partial charge in [-0.2, -0.15) is 0 Å². The quantitative estimate of drug-likeness (QED) is 0.754. The molecule has 3 nitrogen and oxygen atoms in total. The Morgan fingerprint density at radius 2 is 1.85 bits per heavy atom. The summed E-state index contributed by atoms with van der Waals surface area (Å²) >= 11 is 12.0. The van der Waals surface area contributed by atoms with Crippen molar-refractivity contribution >= 4 is 40.3 Å². The summed E-state index contributed by atoms with van der Waals surface area (Å²) in [5, 5.41) is 4.33. The fourth-order valence-electron chi connectivity index (χ4n) is 1.77. The van der Waals surface area contributed by atoms with Crippen LogP contribution < -0.4 is 15.8 Å². The molecule has 106 valence electrons.